The Morgan fingerprint density at radius 1 is 1.08 bits per heavy atom. The van der Waals surface area contributed by atoms with Crippen LogP contribution in [0.5, 0.6) is 0 Å². The van der Waals surface area contributed by atoms with Crippen molar-refractivity contribution in [1.29, 1.82) is 0 Å². The maximum atomic E-state index is 13.5. The van der Waals surface area contributed by atoms with E-state index in [0.717, 1.165) is 11.9 Å². The monoisotopic (exact) mass is 720 g/mol. The molecular formula is C38H57FN2O10. The van der Waals surface area contributed by atoms with Crippen molar-refractivity contribution < 1.29 is 53.5 Å². The highest BCUT2D eigenvalue weighted by molar-refractivity contribution is 5.96. The van der Waals surface area contributed by atoms with Crippen molar-refractivity contribution in [3.63, 3.8) is 0 Å². The van der Waals surface area contributed by atoms with E-state index >= 15 is 0 Å². The largest absolute Gasteiger partial charge is 0.462 e. The summed E-state index contributed by atoms with van der Waals surface area (Å²) in [5.41, 5.74) is 2.00. The molecule has 0 aliphatic carbocycles. The molecule has 1 aromatic rings. The SMILES string of the molecule is CC[C@H]1OC(=O)C[C@@H](O)[C@H](C)[C@@H](OC2OC(C)C(O)C(N(C)C)C2O)[C@@H](CC=O)C[C@@H](C)C(=NOCc2ccc(F)cc2)C=CC(C)=CC1CO. The molecule has 0 radical (unpaired) electrons. The van der Waals surface area contributed by atoms with E-state index in [2.05, 4.69) is 5.16 Å². The molecular weight excluding hydrogens is 663 g/mol. The van der Waals surface area contributed by atoms with Gasteiger partial charge >= 0.3 is 5.97 Å². The lowest BCUT2D eigenvalue weighted by molar-refractivity contribution is -0.304. The van der Waals surface area contributed by atoms with Gasteiger partial charge in [-0.15, -0.1) is 0 Å². The van der Waals surface area contributed by atoms with Gasteiger partial charge in [-0.05, 0) is 70.5 Å². The highest BCUT2D eigenvalue weighted by Gasteiger charge is 2.47. The van der Waals surface area contributed by atoms with Crippen molar-refractivity contribution in [2.24, 2.45) is 28.8 Å². The van der Waals surface area contributed by atoms with Gasteiger partial charge in [-0.1, -0.05) is 55.8 Å². The number of carbonyl (C=O) groups is 2. The maximum Gasteiger partial charge on any atom is 0.308 e. The zero-order chi connectivity index (χ0) is 37.8. The molecule has 3 rings (SSSR count). The van der Waals surface area contributed by atoms with Crippen LogP contribution in [0, 0.1) is 29.5 Å². The zero-order valence-electron chi connectivity index (χ0n) is 30.8. The summed E-state index contributed by atoms with van der Waals surface area (Å²) in [4.78, 5) is 32.8. The van der Waals surface area contributed by atoms with Crippen LogP contribution < -0.4 is 0 Å². The van der Waals surface area contributed by atoms with Crippen molar-refractivity contribution in [1.82, 2.24) is 4.90 Å². The van der Waals surface area contributed by atoms with Gasteiger partial charge in [0.05, 0.1) is 49.2 Å². The average molecular weight is 721 g/mol. The van der Waals surface area contributed by atoms with E-state index in [1.165, 1.54) is 12.1 Å². The summed E-state index contributed by atoms with van der Waals surface area (Å²) in [6.45, 7) is 8.77. The second-order valence-corrected chi connectivity index (χ2v) is 14.1. The molecule has 13 heteroatoms. The Balaban J connectivity index is 2.07. The van der Waals surface area contributed by atoms with Gasteiger partial charge < -0.3 is 49.2 Å². The van der Waals surface area contributed by atoms with E-state index in [1.807, 2.05) is 32.9 Å². The minimum Gasteiger partial charge on any atom is -0.462 e. The summed E-state index contributed by atoms with van der Waals surface area (Å²) in [6.07, 6.45) is -0.565. The topological polar surface area (TPSA) is 168 Å². The van der Waals surface area contributed by atoms with Crippen LogP contribution in [0.1, 0.15) is 65.9 Å². The second-order valence-electron chi connectivity index (χ2n) is 14.1. The van der Waals surface area contributed by atoms with Crippen LogP contribution in [0.4, 0.5) is 4.39 Å². The number of nitrogens with zero attached hydrogens (tertiary/aromatic N) is 2. The van der Waals surface area contributed by atoms with Crippen LogP contribution in [-0.2, 0) is 35.2 Å². The quantitative estimate of drug-likeness (QED) is 0.159. The summed E-state index contributed by atoms with van der Waals surface area (Å²) in [5, 5.41) is 48.3. The van der Waals surface area contributed by atoms with E-state index in [4.69, 9.17) is 19.0 Å². The van der Waals surface area contributed by atoms with Gasteiger partial charge in [-0.25, -0.2) is 4.39 Å². The Morgan fingerprint density at radius 2 is 1.76 bits per heavy atom. The molecule has 2 aliphatic rings. The Bertz CT molecular complexity index is 1340. The molecule has 0 bridgehead atoms. The zero-order valence-corrected chi connectivity index (χ0v) is 30.8. The Hall–Kier alpha value is -3.04. The van der Waals surface area contributed by atoms with Crippen LogP contribution in [-0.4, -0.2) is 113 Å². The molecule has 286 valence electrons. The Morgan fingerprint density at radius 3 is 2.37 bits per heavy atom. The smallest absolute Gasteiger partial charge is 0.308 e. The van der Waals surface area contributed by atoms with Crippen LogP contribution >= 0.6 is 0 Å². The maximum absolute atomic E-state index is 13.5. The van der Waals surface area contributed by atoms with Gasteiger partial charge in [0, 0.05) is 24.2 Å². The lowest BCUT2D eigenvalue weighted by Gasteiger charge is -2.46. The molecule has 0 amide bonds. The third-order valence-corrected chi connectivity index (χ3v) is 9.90. The van der Waals surface area contributed by atoms with Crippen molar-refractivity contribution >= 4 is 18.0 Å². The van der Waals surface area contributed by atoms with Crippen LogP contribution in [0.25, 0.3) is 0 Å². The standard InChI is InChI=1S/C38H57FN2O10/c1-8-32-28(20-43)17-22(2)9-14-30(40-48-21-26-10-12-29(39)13-11-26)23(3)18-27(15-16-42)37(24(4)31(44)19-33(45)50-32)51-38-36(47)34(41(6)7)35(46)25(5)49-38/h9-14,16-17,23-25,27-28,31-32,34-38,43-44,46-47H,8,15,18-21H2,1-7H3/t23-,24+,25?,27+,28?,31-,32-,34?,35?,36?,37-,38?/m1/s1. The highest BCUT2D eigenvalue weighted by Crippen LogP contribution is 2.34. The number of benzene rings is 1. The fraction of sp³-hybridized carbons (Fsp3) is 0.658. The normalized spacial score (nSPS) is 35.4. The number of aliphatic hydroxyl groups is 4. The minimum atomic E-state index is -1.29. The van der Waals surface area contributed by atoms with Crippen molar-refractivity contribution in [2.45, 2.75) is 116 Å². The number of ether oxygens (including phenoxy) is 3. The Labute approximate surface area is 300 Å². The molecule has 0 spiro atoms. The van der Waals surface area contributed by atoms with E-state index in [1.54, 1.807) is 51.1 Å². The predicted octanol–water partition coefficient (Wildman–Crippen LogP) is 3.55. The summed E-state index contributed by atoms with van der Waals surface area (Å²) in [5.74, 6) is -3.20. The number of oxime groups is 1. The van der Waals surface area contributed by atoms with E-state index < -0.39 is 72.7 Å². The number of rotatable bonds is 10. The summed E-state index contributed by atoms with van der Waals surface area (Å²) >= 11 is 0. The number of likely N-dealkylation sites (N-methyl/N-ethyl adjacent to an activating group) is 1. The first-order chi connectivity index (χ1) is 24.2. The van der Waals surface area contributed by atoms with Crippen LogP contribution in [0.3, 0.4) is 0 Å². The molecule has 51 heavy (non-hydrogen) atoms. The lowest BCUT2D eigenvalue weighted by atomic mass is 9.79. The number of carbonyl (C=O) groups excluding carboxylic acids is 2. The molecule has 12 atom stereocenters. The molecule has 6 unspecified atom stereocenters. The lowest BCUT2D eigenvalue weighted by Crippen LogP contribution is -2.63. The fourth-order valence-corrected chi connectivity index (χ4v) is 6.82. The van der Waals surface area contributed by atoms with Crippen molar-refractivity contribution in [2.75, 3.05) is 20.7 Å². The number of halogens is 1. The number of allylic oxidation sites excluding steroid dienone is 3. The van der Waals surface area contributed by atoms with Gasteiger partial charge in [0.25, 0.3) is 0 Å². The summed E-state index contributed by atoms with van der Waals surface area (Å²) in [7, 11) is 3.45. The molecule has 2 heterocycles. The van der Waals surface area contributed by atoms with Gasteiger partial charge in [-0.2, -0.15) is 0 Å². The molecule has 12 nitrogen and oxygen atoms in total. The van der Waals surface area contributed by atoms with E-state index in [-0.39, 0.29) is 37.8 Å². The fourth-order valence-electron chi connectivity index (χ4n) is 6.82. The number of hydrogen-bond donors (Lipinski definition) is 4. The molecule has 1 saturated heterocycles. The number of esters is 1. The highest BCUT2D eigenvalue weighted by atomic mass is 19.1. The summed E-state index contributed by atoms with van der Waals surface area (Å²) < 4.78 is 31.7. The number of cyclic esters (lactones) is 1. The van der Waals surface area contributed by atoms with E-state index in [0.29, 0.717) is 24.1 Å². The van der Waals surface area contributed by atoms with Crippen LogP contribution in [0.15, 0.2) is 53.2 Å². The molecule has 1 aromatic carbocycles. The third-order valence-electron chi connectivity index (χ3n) is 9.90. The van der Waals surface area contributed by atoms with Crippen molar-refractivity contribution in [3.05, 3.63) is 59.4 Å². The van der Waals surface area contributed by atoms with Gasteiger partial charge in [0.2, 0.25) is 0 Å². The number of hydrogen-bond acceptors (Lipinski definition) is 12. The first kappa shape index (κ1) is 42.4. The number of aliphatic hydroxyl groups excluding tert-OH is 4. The molecule has 0 saturated carbocycles. The van der Waals surface area contributed by atoms with Crippen LogP contribution in [0.2, 0.25) is 0 Å². The average Bonchev–Trinajstić information content (AvgIpc) is 3.08. The predicted molar refractivity (Wildman–Crippen MR) is 189 cm³/mol. The van der Waals surface area contributed by atoms with Gasteiger partial charge in [-0.3, -0.25) is 4.79 Å². The van der Waals surface area contributed by atoms with Crippen molar-refractivity contribution in [3.8, 4) is 0 Å². The molecule has 0 aromatic heterocycles. The molecule has 1 fully saturated rings. The Kier molecular flexibility index (Phi) is 16.8. The third kappa shape index (κ3) is 12.0. The minimum absolute atomic E-state index is 0.0110. The second kappa shape index (κ2) is 20.3. The molecule has 2 aliphatic heterocycles. The first-order valence-electron chi connectivity index (χ1n) is 17.8. The number of aldehydes is 1. The van der Waals surface area contributed by atoms with E-state index in [9.17, 15) is 34.4 Å². The molecule has 4 N–H and O–H groups in total. The van der Waals surface area contributed by atoms with Gasteiger partial charge in [0.1, 0.15) is 30.9 Å². The summed E-state index contributed by atoms with van der Waals surface area (Å²) in [6, 6.07) is 5.14. The first-order valence-corrected chi connectivity index (χ1v) is 17.8. The van der Waals surface area contributed by atoms with Gasteiger partial charge in [0.15, 0.2) is 6.29 Å².